The van der Waals surface area contributed by atoms with E-state index >= 15 is 0 Å². The highest BCUT2D eigenvalue weighted by Gasteiger charge is 2.26. The largest absolute Gasteiger partial charge is 0.497 e. The van der Waals surface area contributed by atoms with Gasteiger partial charge in [-0.25, -0.2) is 8.42 Å². The third-order valence-corrected chi connectivity index (χ3v) is 5.38. The Balaban J connectivity index is 2.20. The van der Waals surface area contributed by atoms with Crippen LogP contribution in [-0.4, -0.2) is 32.6 Å². The number of rotatable bonds is 8. The third-order valence-electron chi connectivity index (χ3n) is 3.89. The minimum absolute atomic E-state index is 0.0322. The lowest BCUT2D eigenvalue weighted by atomic mass is 10.1. The predicted molar refractivity (Wildman–Crippen MR) is 99.6 cm³/mol. The molecule has 0 aromatic heterocycles. The summed E-state index contributed by atoms with van der Waals surface area (Å²) in [5, 5.41) is 9.23. The van der Waals surface area contributed by atoms with Crippen molar-refractivity contribution in [2.75, 3.05) is 7.11 Å². The standard InChI is InChI=1S/C19H23NO5S/c1-13(2)12-18(19(21)22)20-26(23,24)17-10-6-15(7-11-17)14-4-8-16(25-3)9-5-14/h4-11,13,18,20H,12H2,1-3H3,(H,21,22)/t18-/m1/s1. The van der Waals surface area contributed by atoms with Gasteiger partial charge in [-0.3, -0.25) is 4.79 Å². The van der Waals surface area contributed by atoms with Gasteiger partial charge in [-0.05, 0) is 47.7 Å². The van der Waals surface area contributed by atoms with E-state index in [1.54, 1.807) is 19.2 Å². The molecule has 0 aliphatic rings. The molecule has 0 radical (unpaired) electrons. The molecule has 0 saturated carbocycles. The Morgan fingerprint density at radius 1 is 1.04 bits per heavy atom. The lowest BCUT2D eigenvalue weighted by molar-refractivity contribution is -0.139. The molecule has 140 valence electrons. The second kappa shape index (κ2) is 8.33. The Morgan fingerprint density at radius 2 is 1.54 bits per heavy atom. The average Bonchev–Trinajstić information content (AvgIpc) is 2.61. The Kier molecular flexibility index (Phi) is 6.39. The SMILES string of the molecule is COc1ccc(-c2ccc(S(=O)(=O)N[C@H](CC(C)C)C(=O)O)cc2)cc1. The molecule has 0 heterocycles. The number of hydrogen-bond donors (Lipinski definition) is 2. The van der Waals surface area contributed by atoms with Crippen LogP contribution in [0.15, 0.2) is 53.4 Å². The summed E-state index contributed by atoms with van der Waals surface area (Å²) in [4.78, 5) is 11.3. The van der Waals surface area contributed by atoms with E-state index in [2.05, 4.69) is 4.72 Å². The molecular weight excluding hydrogens is 354 g/mol. The van der Waals surface area contributed by atoms with Crippen molar-refractivity contribution in [2.24, 2.45) is 5.92 Å². The first kappa shape index (κ1) is 19.9. The molecule has 0 spiro atoms. The van der Waals surface area contributed by atoms with Gasteiger partial charge in [-0.15, -0.1) is 0 Å². The molecular formula is C19H23NO5S. The van der Waals surface area contributed by atoms with Crippen molar-refractivity contribution in [1.82, 2.24) is 4.72 Å². The van der Waals surface area contributed by atoms with E-state index in [1.807, 2.05) is 38.1 Å². The van der Waals surface area contributed by atoms with E-state index < -0.39 is 22.0 Å². The Bertz CT molecular complexity index is 843. The highest BCUT2D eigenvalue weighted by molar-refractivity contribution is 7.89. The van der Waals surface area contributed by atoms with E-state index in [1.165, 1.54) is 12.1 Å². The normalized spacial score (nSPS) is 12.8. The van der Waals surface area contributed by atoms with E-state index in [0.29, 0.717) is 0 Å². The first-order valence-corrected chi connectivity index (χ1v) is 9.71. The van der Waals surface area contributed by atoms with Crippen LogP contribution in [0.3, 0.4) is 0 Å². The van der Waals surface area contributed by atoms with Crippen LogP contribution in [-0.2, 0) is 14.8 Å². The van der Waals surface area contributed by atoms with Gasteiger partial charge in [-0.1, -0.05) is 38.1 Å². The van der Waals surface area contributed by atoms with E-state index in [0.717, 1.165) is 16.9 Å². The Morgan fingerprint density at radius 3 is 1.96 bits per heavy atom. The van der Waals surface area contributed by atoms with Crippen molar-refractivity contribution in [3.05, 3.63) is 48.5 Å². The van der Waals surface area contributed by atoms with E-state index in [4.69, 9.17) is 4.74 Å². The van der Waals surface area contributed by atoms with Gasteiger partial charge >= 0.3 is 5.97 Å². The number of benzene rings is 2. The third kappa shape index (κ3) is 5.06. The molecule has 0 aliphatic carbocycles. The van der Waals surface area contributed by atoms with E-state index in [-0.39, 0.29) is 17.2 Å². The van der Waals surface area contributed by atoms with Gasteiger partial charge in [0.15, 0.2) is 0 Å². The lowest BCUT2D eigenvalue weighted by Gasteiger charge is -2.16. The fraction of sp³-hybridized carbons (Fsp3) is 0.316. The summed E-state index contributed by atoms with van der Waals surface area (Å²) in [7, 11) is -2.32. The summed E-state index contributed by atoms with van der Waals surface area (Å²) in [5.41, 5.74) is 1.77. The molecule has 0 fully saturated rings. The summed E-state index contributed by atoms with van der Waals surface area (Å²) in [6.07, 6.45) is 0.221. The van der Waals surface area contributed by atoms with Crippen molar-refractivity contribution in [2.45, 2.75) is 31.2 Å². The van der Waals surface area contributed by atoms with Crippen LogP contribution in [0.5, 0.6) is 5.75 Å². The molecule has 2 rings (SSSR count). The number of nitrogens with one attached hydrogen (secondary N) is 1. The van der Waals surface area contributed by atoms with Crippen LogP contribution in [0.25, 0.3) is 11.1 Å². The number of carbonyl (C=O) groups is 1. The minimum atomic E-state index is -3.91. The number of carboxylic acids is 1. The molecule has 0 aliphatic heterocycles. The number of ether oxygens (including phenoxy) is 1. The van der Waals surface area contributed by atoms with Crippen LogP contribution in [0.2, 0.25) is 0 Å². The highest BCUT2D eigenvalue weighted by Crippen LogP contribution is 2.24. The number of sulfonamides is 1. The van der Waals surface area contributed by atoms with Gasteiger partial charge in [0.25, 0.3) is 0 Å². The second-order valence-electron chi connectivity index (χ2n) is 6.39. The Labute approximate surface area is 153 Å². The average molecular weight is 377 g/mol. The van der Waals surface area contributed by atoms with Crippen LogP contribution in [0.4, 0.5) is 0 Å². The first-order valence-electron chi connectivity index (χ1n) is 8.22. The zero-order valence-corrected chi connectivity index (χ0v) is 15.8. The van der Waals surface area contributed by atoms with Crippen molar-refractivity contribution < 1.29 is 23.1 Å². The maximum absolute atomic E-state index is 12.5. The van der Waals surface area contributed by atoms with Gasteiger partial charge in [0, 0.05) is 0 Å². The quantitative estimate of drug-likeness (QED) is 0.737. The lowest BCUT2D eigenvalue weighted by Crippen LogP contribution is -2.41. The molecule has 2 aromatic carbocycles. The zero-order valence-electron chi connectivity index (χ0n) is 15.0. The van der Waals surface area contributed by atoms with Crippen molar-refractivity contribution in [1.29, 1.82) is 0 Å². The Hall–Kier alpha value is -2.38. The summed E-state index contributed by atoms with van der Waals surface area (Å²) in [5.74, 6) is -0.393. The monoisotopic (exact) mass is 377 g/mol. The maximum atomic E-state index is 12.5. The molecule has 2 aromatic rings. The van der Waals surface area contributed by atoms with Gasteiger partial charge < -0.3 is 9.84 Å². The fourth-order valence-corrected chi connectivity index (χ4v) is 3.74. The van der Waals surface area contributed by atoms with Crippen LogP contribution < -0.4 is 9.46 Å². The van der Waals surface area contributed by atoms with Crippen molar-refractivity contribution >= 4 is 16.0 Å². The molecule has 7 heteroatoms. The molecule has 0 amide bonds. The molecule has 0 bridgehead atoms. The molecule has 6 nitrogen and oxygen atoms in total. The van der Waals surface area contributed by atoms with Crippen LogP contribution in [0.1, 0.15) is 20.3 Å². The maximum Gasteiger partial charge on any atom is 0.321 e. The smallest absolute Gasteiger partial charge is 0.321 e. The summed E-state index contributed by atoms with van der Waals surface area (Å²) in [6.45, 7) is 3.68. The number of carboxylic acid groups (broad SMARTS) is 1. The summed E-state index contributed by atoms with van der Waals surface area (Å²) >= 11 is 0. The van der Waals surface area contributed by atoms with Gasteiger partial charge in [0.05, 0.1) is 12.0 Å². The molecule has 26 heavy (non-hydrogen) atoms. The van der Waals surface area contributed by atoms with Crippen LogP contribution in [0, 0.1) is 5.92 Å². The van der Waals surface area contributed by atoms with Crippen molar-refractivity contribution in [3.8, 4) is 16.9 Å². The summed E-state index contributed by atoms with van der Waals surface area (Å²) < 4.78 is 32.3. The number of hydrogen-bond acceptors (Lipinski definition) is 4. The van der Waals surface area contributed by atoms with Crippen molar-refractivity contribution in [3.63, 3.8) is 0 Å². The van der Waals surface area contributed by atoms with Gasteiger partial charge in [0.2, 0.25) is 10.0 Å². The molecule has 0 unspecified atom stereocenters. The second-order valence-corrected chi connectivity index (χ2v) is 8.11. The first-order chi connectivity index (χ1) is 12.2. The molecule has 0 saturated heterocycles. The number of methoxy groups -OCH3 is 1. The predicted octanol–water partition coefficient (Wildman–Crippen LogP) is 3.14. The number of aliphatic carboxylic acids is 1. The van der Waals surface area contributed by atoms with E-state index in [9.17, 15) is 18.3 Å². The van der Waals surface area contributed by atoms with Gasteiger partial charge in [0.1, 0.15) is 11.8 Å². The highest BCUT2D eigenvalue weighted by atomic mass is 32.2. The van der Waals surface area contributed by atoms with Crippen LogP contribution >= 0.6 is 0 Å². The zero-order chi connectivity index (χ0) is 19.3. The molecule has 1 atom stereocenters. The fourth-order valence-electron chi connectivity index (χ4n) is 2.54. The topological polar surface area (TPSA) is 92.7 Å². The minimum Gasteiger partial charge on any atom is -0.497 e. The summed E-state index contributed by atoms with van der Waals surface area (Å²) in [6, 6.07) is 12.6. The molecule has 2 N–H and O–H groups in total. The van der Waals surface area contributed by atoms with Gasteiger partial charge in [-0.2, -0.15) is 4.72 Å².